The highest BCUT2D eigenvalue weighted by atomic mass is 16.5. The Hall–Kier alpha value is -2.82. The van der Waals surface area contributed by atoms with Crippen LogP contribution in [0.15, 0.2) is 48.5 Å². The Morgan fingerprint density at radius 1 is 1.04 bits per heavy atom. The van der Waals surface area contributed by atoms with E-state index in [2.05, 4.69) is 10.2 Å². The van der Waals surface area contributed by atoms with Crippen LogP contribution in [0.5, 0.6) is 0 Å². The molecule has 1 heterocycles. The SMILES string of the molecule is CCOC(=O)c1cccc(NC(=O)c2ccc(N3CCCC3)cc2)c1. The molecule has 0 unspecified atom stereocenters. The van der Waals surface area contributed by atoms with Crippen molar-refractivity contribution in [1.29, 1.82) is 0 Å². The van der Waals surface area contributed by atoms with Gasteiger partial charge in [0.2, 0.25) is 0 Å². The van der Waals surface area contributed by atoms with E-state index >= 15 is 0 Å². The number of rotatable bonds is 5. The molecule has 5 heteroatoms. The van der Waals surface area contributed by atoms with E-state index in [1.807, 2.05) is 24.3 Å². The zero-order valence-corrected chi connectivity index (χ0v) is 14.3. The van der Waals surface area contributed by atoms with Crippen molar-refractivity contribution in [3.05, 3.63) is 59.7 Å². The Labute approximate surface area is 147 Å². The van der Waals surface area contributed by atoms with Crippen LogP contribution in [0.1, 0.15) is 40.5 Å². The first-order chi connectivity index (χ1) is 12.2. The summed E-state index contributed by atoms with van der Waals surface area (Å²) in [5.74, 6) is -0.595. The molecule has 1 saturated heterocycles. The van der Waals surface area contributed by atoms with Crippen LogP contribution in [0.4, 0.5) is 11.4 Å². The fourth-order valence-corrected chi connectivity index (χ4v) is 2.94. The number of carbonyl (C=O) groups excluding carboxylic acids is 2. The zero-order chi connectivity index (χ0) is 17.6. The van der Waals surface area contributed by atoms with Crippen LogP contribution in [0.3, 0.4) is 0 Å². The van der Waals surface area contributed by atoms with Crippen molar-refractivity contribution in [3.8, 4) is 0 Å². The molecule has 0 spiro atoms. The molecule has 1 amide bonds. The topological polar surface area (TPSA) is 58.6 Å². The summed E-state index contributed by atoms with van der Waals surface area (Å²) in [6, 6.07) is 14.4. The van der Waals surface area contributed by atoms with E-state index in [1.165, 1.54) is 12.8 Å². The predicted molar refractivity (Wildman–Crippen MR) is 98.2 cm³/mol. The second-order valence-electron chi connectivity index (χ2n) is 6.00. The summed E-state index contributed by atoms with van der Waals surface area (Å²) in [7, 11) is 0. The van der Waals surface area contributed by atoms with Crippen molar-refractivity contribution in [2.24, 2.45) is 0 Å². The highest BCUT2D eigenvalue weighted by Gasteiger charge is 2.13. The lowest BCUT2D eigenvalue weighted by Gasteiger charge is -2.17. The molecule has 1 fully saturated rings. The van der Waals surface area contributed by atoms with E-state index in [0.29, 0.717) is 23.4 Å². The fourth-order valence-electron chi connectivity index (χ4n) is 2.94. The number of nitrogens with zero attached hydrogens (tertiary/aromatic N) is 1. The van der Waals surface area contributed by atoms with Crippen LogP contribution in [0, 0.1) is 0 Å². The molecule has 2 aromatic carbocycles. The van der Waals surface area contributed by atoms with E-state index in [9.17, 15) is 9.59 Å². The molecule has 5 nitrogen and oxygen atoms in total. The Balaban J connectivity index is 1.67. The highest BCUT2D eigenvalue weighted by molar-refractivity contribution is 6.05. The summed E-state index contributed by atoms with van der Waals surface area (Å²) in [6.07, 6.45) is 2.44. The molecular formula is C20H22N2O3. The molecule has 2 aromatic rings. The van der Waals surface area contributed by atoms with Crippen molar-refractivity contribution in [1.82, 2.24) is 0 Å². The predicted octanol–water partition coefficient (Wildman–Crippen LogP) is 3.72. The Morgan fingerprint density at radius 2 is 1.76 bits per heavy atom. The minimum absolute atomic E-state index is 0.200. The van der Waals surface area contributed by atoms with Crippen molar-refractivity contribution < 1.29 is 14.3 Å². The molecular weight excluding hydrogens is 316 g/mol. The van der Waals surface area contributed by atoms with Crippen LogP contribution in [0.25, 0.3) is 0 Å². The number of hydrogen-bond acceptors (Lipinski definition) is 4. The van der Waals surface area contributed by atoms with Crippen molar-refractivity contribution in [3.63, 3.8) is 0 Å². The van der Waals surface area contributed by atoms with Crippen molar-refractivity contribution >= 4 is 23.3 Å². The number of nitrogens with one attached hydrogen (secondary N) is 1. The first-order valence-electron chi connectivity index (χ1n) is 8.61. The van der Waals surface area contributed by atoms with Crippen LogP contribution < -0.4 is 10.2 Å². The maximum absolute atomic E-state index is 12.4. The maximum atomic E-state index is 12.4. The standard InChI is InChI=1S/C20H22N2O3/c1-2-25-20(24)16-6-5-7-17(14-16)21-19(23)15-8-10-18(11-9-15)22-12-3-4-13-22/h5-11,14H,2-4,12-13H2,1H3,(H,21,23). The molecule has 3 rings (SSSR count). The van der Waals surface area contributed by atoms with Gasteiger partial charge in [0.15, 0.2) is 0 Å². The van der Waals surface area contributed by atoms with Gasteiger partial charge in [-0.2, -0.15) is 0 Å². The first kappa shape index (κ1) is 17.0. The summed E-state index contributed by atoms with van der Waals surface area (Å²) in [6.45, 7) is 4.23. The van der Waals surface area contributed by atoms with E-state index in [1.54, 1.807) is 31.2 Å². The lowest BCUT2D eigenvalue weighted by Crippen LogP contribution is -2.18. The molecule has 0 bridgehead atoms. The maximum Gasteiger partial charge on any atom is 0.338 e. The van der Waals surface area contributed by atoms with Crippen LogP contribution in [-0.4, -0.2) is 31.6 Å². The molecule has 0 atom stereocenters. The first-order valence-corrected chi connectivity index (χ1v) is 8.61. The second-order valence-corrected chi connectivity index (χ2v) is 6.00. The third-order valence-corrected chi connectivity index (χ3v) is 4.23. The average Bonchev–Trinajstić information content (AvgIpc) is 3.17. The van der Waals surface area contributed by atoms with E-state index in [-0.39, 0.29) is 5.91 Å². The average molecular weight is 338 g/mol. The molecule has 1 aliphatic heterocycles. The minimum Gasteiger partial charge on any atom is -0.462 e. The molecule has 0 aromatic heterocycles. The van der Waals surface area contributed by atoms with Crippen LogP contribution >= 0.6 is 0 Å². The summed E-state index contributed by atoms with van der Waals surface area (Å²) in [4.78, 5) is 26.5. The smallest absolute Gasteiger partial charge is 0.338 e. The molecule has 0 radical (unpaired) electrons. The number of esters is 1. The van der Waals surface area contributed by atoms with Gasteiger partial charge in [0.25, 0.3) is 5.91 Å². The Morgan fingerprint density at radius 3 is 2.44 bits per heavy atom. The number of carbonyl (C=O) groups is 2. The number of amides is 1. The molecule has 0 saturated carbocycles. The molecule has 130 valence electrons. The number of anilines is 2. The van der Waals surface area contributed by atoms with Gasteiger partial charge in [-0.05, 0) is 62.2 Å². The van der Waals surface area contributed by atoms with Crippen LogP contribution in [-0.2, 0) is 4.74 Å². The van der Waals surface area contributed by atoms with E-state index in [0.717, 1.165) is 18.8 Å². The van der Waals surface area contributed by atoms with Gasteiger partial charge in [0.1, 0.15) is 0 Å². The van der Waals surface area contributed by atoms with Gasteiger partial charge < -0.3 is 15.0 Å². The summed E-state index contributed by atoms with van der Waals surface area (Å²) in [5, 5.41) is 2.82. The van der Waals surface area contributed by atoms with Crippen molar-refractivity contribution in [2.45, 2.75) is 19.8 Å². The van der Waals surface area contributed by atoms with Gasteiger partial charge in [0, 0.05) is 30.0 Å². The lowest BCUT2D eigenvalue weighted by molar-refractivity contribution is 0.0526. The van der Waals surface area contributed by atoms with E-state index < -0.39 is 5.97 Å². The van der Waals surface area contributed by atoms with E-state index in [4.69, 9.17) is 4.74 Å². The third-order valence-electron chi connectivity index (χ3n) is 4.23. The highest BCUT2D eigenvalue weighted by Crippen LogP contribution is 2.21. The molecule has 1 N–H and O–H groups in total. The Bertz CT molecular complexity index is 750. The molecule has 25 heavy (non-hydrogen) atoms. The second kappa shape index (κ2) is 7.83. The zero-order valence-electron chi connectivity index (χ0n) is 14.3. The van der Waals surface area contributed by atoms with Gasteiger partial charge >= 0.3 is 5.97 Å². The Kier molecular flexibility index (Phi) is 5.33. The van der Waals surface area contributed by atoms with Gasteiger partial charge in [-0.15, -0.1) is 0 Å². The normalized spacial score (nSPS) is 13.6. The van der Waals surface area contributed by atoms with Gasteiger partial charge in [-0.1, -0.05) is 6.07 Å². The van der Waals surface area contributed by atoms with Gasteiger partial charge in [0.05, 0.1) is 12.2 Å². The molecule has 1 aliphatic rings. The van der Waals surface area contributed by atoms with Gasteiger partial charge in [-0.3, -0.25) is 4.79 Å². The number of benzene rings is 2. The summed E-state index contributed by atoms with van der Waals surface area (Å²) in [5.41, 5.74) is 2.73. The lowest BCUT2D eigenvalue weighted by atomic mass is 10.1. The minimum atomic E-state index is -0.395. The molecule has 0 aliphatic carbocycles. The van der Waals surface area contributed by atoms with Crippen molar-refractivity contribution in [2.75, 3.05) is 29.9 Å². The monoisotopic (exact) mass is 338 g/mol. The van der Waals surface area contributed by atoms with Crippen LogP contribution in [0.2, 0.25) is 0 Å². The third kappa shape index (κ3) is 4.18. The summed E-state index contributed by atoms with van der Waals surface area (Å²) < 4.78 is 4.98. The fraction of sp³-hybridized carbons (Fsp3) is 0.300. The summed E-state index contributed by atoms with van der Waals surface area (Å²) >= 11 is 0. The number of hydrogen-bond donors (Lipinski definition) is 1. The number of ether oxygens (including phenoxy) is 1. The quantitative estimate of drug-likeness (QED) is 0.844. The largest absolute Gasteiger partial charge is 0.462 e. The van der Waals surface area contributed by atoms with Gasteiger partial charge in [-0.25, -0.2) is 4.79 Å².